The van der Waals surface area contributed by atoms with Gasteiger partial charge in [0.2, 0.25) is 0 Å². The fraction of sp³-hybridized carbons (Fsp3) is 0.600. The topological polar surface area (TPSA) is 25.8 Å². The lowest BCUT2D eigenvalue weighted by molar-refractivity contribution is 0.622. The van der Waals surface area contributed by atoms with Gasteiger partial charge in [-0.25, -0.2) is 9.97 Å². The molecule has 1 aromatic heterocycles. The molecule has 1 aromatic rings. The van der Waals surface area contributed by atoms with E-state index in [4.69, 9.17) is 0 Å². The predicted molar refractivity (Wildman–Crippen MR) is 67.4 cm³/mol. The first kappa shape index (κ1) is 10.7. The highest BCUT2D eigenvalue weighted by Crippen LogP contribution is 2.31. The second-order valence-electron chi connectivity index (χ2n) is 3.64. The number of hydrogen-bond acceptors (Lipinski definition) is 3. The van der Waals surface area contributed by atoms with Crippen molar-refractivity contribution in [1.82, 2.24) is 9.97 Å². The SMILES string of the molecule is Ic1cncnc1SCC1CCCC1. The van der Waals surface area contributed by atoms with Crippen LogP contribution in [-0.2, 0) is 0 Å². The summed E-state index contributed by atoms with van der Waals surface area (Å²) in [5.74, 6) is 2.15. The smallest absolute Gasteiger partial charge is 0.116 e. The fourth-order valence-electron chi connectivity index (χ4n) is 1.78. The summed E-state index contributed by atoms with van der Waals surface area (Å²) in [6.45, 7) is 0. The Bertz CT molecular complexity index is 300. The van der Waals surface area contributed by atoms with Gasteiger partial charge in [0.1, 0.15) is 11.4 Å². The van der Waals surface area contributed by atoms with Gasteiger partial charge in [-0.3, -0.25) is 0 Å². The first-order valence-corrected chi connectivity index (χ1v) is 7.01. The molecular weight excluding hydrogens is 307 g/mol. The van der Waals surface area contributed by atoms with E-state index in [1.54, 1.807) is 6.33 Å². The Kier molecular flexibility index (Phi) is 4.04. The summed E-state index contributed by atoms with van der Waals surface area (Å²) in [6.07, 6.45) is 9.19. The Morgan fingerprint density at radius 3 is 2.93 bits per heavy atom. The van der Waals surface area contributed by atoms with Gasteiger partial charge in [-0.15, -0.1) is 11.8 Å². The molecule has 2 rings (SSSR count). The molecule has 0 atom stereocenters. The summed E-state index contributed by atoms with van der Waals surface area (Å²) < 4.78 is 1.17. The van der Waals surface area contributed by atoms with Crippen molar-refractivity contribution in [2.24, 2.45) is 5.92 Å². The highest BCUT2D eigenvalue weighted by molar-refractivity contribution is 14.1. The maximum Gasteiger partial charge on any atom is 0.116 e. The van der Waals surface area contributed by atoms with Crippen LogP contribution in [-0.4, -0.2) is 15.7 Å². The monoisotopic (exact) mass is 320 g/mol. The second kappa shape index (κ2) is 5.30. The van der Waals surface area contributed by atoms with Crippen LogP contribution in [0.25, 0.3) is 0 Å². The lowest BCUT2D eigenvalue weighted by atomic mass is 10.1. The van der Waals surface area contributed by atoms with Crippen molar-refractivity contribution in [1.29, 1.82) is 0 Å². The Hall–Kier alpha value is 0.160. The van der Waals surface area contributed by atoms with Crippen molar-refractivity contribution in [2.75, 3.05) is 5.75 Å². The minimum atomic E-state index is 0.922. The largest absolute Gasteiger partial charge is 0.244 e. The molecule has 0 bridgehead atoms. The minimum Gasteiger partial charge on any atom is -0.244 e. The van der Waals surface area contributed by atoms with Crippen molar-refractivity contribution >= 4 is 34.4 Å². The number of thioether (sulfide) groups is 1. The standard InChI is InChI=1S/C10H13IN2S/c11-9-5-12-7-13-10(9)14-6-8-3-1-2-4-8/h5,7-8H,1-4,6H2. The van der Waals surface area contributed by atoms with E-state index in [1.807, 2.05) is 18.0 Å². The summed E-state index contributed by atoms with van der Waals surface area (Å²) in [5, 5.41) is 1.15. The Morgan fingerprint density at radius 1 is 1.43 bits per heavy atom. The molecule has 0 spiro atoms. The lowest BCUT2D eigenvalue weighted by Gasteiger charge is -2.07. The minimum absolute atomic E-state index is 0.922. The molecule has 1 aliphatic carbocycles. The van der Waals surface area contributed by atoms with E-state index in [0.717, 1.165) is 10.9 Å². The Morgan fingerprint density at radius 2 is 2.21 bits per heavy atom. The molecule has 4 heteroatoms. The van der Waals surface area contributed by atoms with Gasteiger partial charge in [-0.1, -0.05) is 12.8 Å². The molecule has 0 aliphatic heterocycles. The molecule has 0 unspecified atom stereocenters. The van der Waals surface area contributed by atoms with E-state index in [0.29, 0.717) is 0 Å². The van der Waals surface area contributed by atoms with Crippen LogP contribution in [0.5, 0.6) is 0 Å². The number of nitrogens with zero attached hydrogens (tertiary/aromatic N) is 2. The van der Waals surface area contributed by atoms with E-state index < -0.39 is 0 Å². The van der Waals surface area contributed by atoms with Crippen LogP contribution in [0.2, 0.25) is 0 Å². The fourth-order valence-corrected chi connectivity index (χ4v) is 3.59. The van der Waals surface area contributed by atoms with Crippen LogP contribution in [0.3, 0.4) is 0 Å². The molecule has 0 aromatic carbocycles. The van der Waals surface area contributed by atoms with Gasteiger partial charge >= 0.3 is 0 Å². The molecule has 76 valence electrons. The van der Waals surface area contributed by atoms with Crippen LogP contribution in [0, 0.1) is 9.49 Å². The summed E-state index contributed by atoms with van der Waals surface area (Å²) >= 11 is 4.19. The average Bonchev–Trinajstić information content (AvgIpc) is 2.69. The Labute approximate surface area is 102 Å². The van der Waals surface area contributed by atoms with E-state index in [9.17, 15) is 0 Å². The summed E-state index contributed by atoms with van der Waals surface area (Å²) in [4.78, 5) is 8.28. The highest BCUT2D eigenvalue weighted by Gasteiger charge is 2.15. The van der Waals surface area contributed by atoms with Crippen molar-refractivity contribution in [2.45, 2.75) is 30.7 Å². The zero-order valence-corrected chi connectivity index (χ0v) is 10.9. The van der Waals surface area contributed by atoms with Gasteiger partial charge in [0.25, 0.3) is 0 Å². The second-order valence-corrected chi connectivity index (χ2v) is 5.81. The molecule has 1 saturated carbocycles. The zero-order valence-electron chi connectivity index (χ0n) is 7.95. The van der Waals surface area contributed by atoms with Crippen molar-refractivity contribution < 1.29 is 0 Å². The quantitative estimate of drug-likeness (QED) is 0.485. The van der Waals surface area contributed by atoms with Crippen molar-refractivity contribution in [3.8, 4) is 0 Å². The predicted octanol–water partition coefficient (Wildman–Crippen LogP) is 3.36. The molecule has 0 N–H and O–H groups in total. The van der Waals surface area contributed by atoms with Crippen LogP contribution in [0.1, 0.15) is 25.7 Å². The molecule has 0 amide bonds. The first-order chi connectivity index (χ1) is 6.86. The maximum atomic E-state index is 4.28. The van der Waals surface area contributed by atoms with E-state index >= 15 is 0 Å². The number of rotatable bonds is 3. The summed E-state index contributed by atoms with van der Waals surface area (Å²) in [7, 11) is 0. The third kappa shape index (κ3) is 2.82. The molecule has 0 radical (unpaired) electrons. The van der Waals surface area contributed by atoms with Gasteiger partial charge in [0.05, 0.1) is 3.57 Å². The summed E-state index contributed by atoms with van der Waals surface area (Å²) in [5.41, 5.74) is 0. The van der Waals surface area contributed by atoms with Crippen molar-refractivity contribution in [3.63, 3.8) is 0 Å². The third-order valence-electron chi connectivity index (χ3n) is 2.56. The molecule has 2 nitrogen and oxygen atoms in total. The highest BCUT2D eigenvalue weighted by atomic mass is 127. The molecule has 1 heterocycles. The lowest BCUT2D eigenvalue weighted by Crippen LogP contribution is -1.98. The van der Waals surface area contributed by atoms with Crippen LogP contribution >= 0.6 is 34.4 Å². The maximum absolute atomic E-state index is 4.28. The van der Waals surface area contributed by atoms with Gasteiger partial charge < -0.3 is 0 Å². The number of hydrogen-bond donors (Lipinski definition) is 0. The van der Waals surface area contributed by atoms with Crippen LogP contribution in [0.4, 0.5) is 0 Å². The zero-order chi connectivity index (χ0) is 9.80. The Balaban J connectivity index is 1.88. The molecular formula is C10H13IN2S. The number of halogens is 1. The van der Waals surface area contributed by atoms with Crippen LogP contribution in [0.15, 0.2) is 17.6 Å². The van der Waals surface area contributed by atoms with Gasteiger partial charge in [0, 0.05) is 11.9 Å². The van der Waals surface area contributed by atoms with E-state index in [2.05, 4.69) is 32.6 Å². The first-order valence-electron chi connectivity index (χ1n) is 4.94. The van der Waals surface area contributed by atoms with E-state index in [-0.39, 0.29) is 0 Å². The average molecular weight is 320 g/mol. The summed E-state index contributed by atoms with van der Waals surface area (Å²) in [6, 6.07) is 0. The molecule has 0 saturated heterocycles. The molecule has 1 fully saturated rings. The van der Waals surface area contributed by atoms with Crippen molar-refractivity contribution in [3.05, 3.63) is 16.1 Å². The van der Waals surface area contributed by atoms with E-state index in [1.165, 1.54) is 35.0 Å². The van der Waals surface area contributed by atoms with Crippen LogP contribution < -0.4 is 0 Å². The third-order valence-corrected chi connectivity index (χ3v) is 4.96. The molecule has 14 heavy (non-hydrogen) atoms. The normalized spacial score (nSPS) is 17.5. The van der Waals surface area contributed by atoms with Gasteiger partial charge in [0.15, 0.2) is 0 Å². The molecule has 1 aliphatic rings. The van der Waals surface area contributed by atoms with Gasteiger partial charge in [-0.05, 0) is 41.4 Å². The van der Waals surface area contributed by atoms with Gasteiger partial charge in [-0.2, -0.15) is 0 Å². The number of aromatic nitrogens is 2.